The van der Waals surface area contributed by atoms with Crippen molar-refractivity contribution < 1.29 is 15.0 Å². The third kappa shape index (κ3) is 3.55. The molecule has 0 saturated carbocycles. The highest BCUT2D eigenvalue weighted by Gasteiger charge is 2.05. The van der Waals surface area contributed by atoms with Gasteiger partial charge in [0.15, 0.2) is 0 Å². The van der Waals surface area contributed by atoms with E-state index in [2.05, 4.69) is 10.3 Å². The highest BCUT2D eigenvalue weighted by Crippen LogP contribution is 2.08. The first kappa shape index (κ1) is 11.5. The van der Waals surface area contributed by atoms with Crippen molar-refractivity contribution in [1.29, 1.82) is 0 Å². The third-order valence-corrected chi connectivity index (χ3v) is 1.96. The van der Waals surface area contributed by atoms with Crippen LogP contribution in [0.2, 0.25) is 0 Å². The van der Waals surface area contributed by atoms with Gasteiger partial charge in [-0.3, -0.25) is 0 Å². The molecule has 0 fully saturated rings. The van der Waals surface area contributed by atoms with E-state index in [0.717, 1.165) is 5.69 Å². The van der Waals surface area contributed by atoms with Crippen LogP contribution in [0.15, 0.2) is 18.3 Å². The van der Waals surface area contributed by atoms with Crippen molar-refractivity contribution in [3.8, 4) is 0 Å². The predicted molar refractivity (Wildman–Crippen MR) is 56.0 cm³/mol. The molecule has 1 aromatic rings. The van der Waals surface area contributed by atoms with E-state index in [9.17, 15) is 4.79 Å². The molecule has 0 aliphatic carbocycles. The molecule has 0 aliphatic heterocycles. The number of carbonyl (C=O) groups is 1. The topological polar surface area (TPSA) is 82.5 Å². The number of nitrogens with one attached hydrogen (secondary N) is 1. The summed E-state index contributed by atoms with van der Waals surface area (Å²) in [5.74, 6) is -1.04. The van der Waals surface area contributed by atoms with E-state index in [4.69, 9.17) is 10.2 Å². The van der Waals surface area contributed by atoms with Crippen LogP contribution in [0.3, 0.4) is 0 Å². The Morgan fingerprint density at radius 3 is 2.80 bits per heavy atom. The second-order valence-corrected chi connectivity index (χ2v) is 3.29. The number of anilines is 1. The largest absolute Gasteiger partial charge is 0.477 e. The summed E-state index contributed by atoms with van der Waals surface area (Å²) in [5, 5.41) is 20.4. The molecular formula is C10H14N2O3. The lowest BCUT2D eigenvalue weighted by Gasteiger charge is -2.13. The van der Waals surface area contributed by atoms with Gasteiger partial charge in [-0.15, -0.1) is 0 Å². The van der Waals surface area contributed by atoms with Gasteiger partial charge < -0.3 is 15.5 Å². The fourth-order valence-electron chi connectivity index (χ4n) is 1.16. The molecule has 1 aromatic heterocycles. The Hall–Kier alpha value is -1.62. The van der Waals surface area contributed by atoms with E-state index >= 15 is 0 Å². The Kier molecular flexibility index (Phi) is 4.05. The molecule has 0 bridgehead atoms. The van der Waals surface area contributed by atoms with Gasteiger partial charge in [-0.25, -0.2) is 9.78 Å². The minimum atomic E-state index is -1.04. The lowest BCUT2D eigenvalue weighted by molar-refractivity contribution is 0.0690. The number of carboxylic acids is 1. The zero-order valence-electron chi connectivity index (χ0n) is 8.47. The number of nitrogens with zero attached hydrogens (tertiary/aromatic N) is 1. The van der Waals surface area contributed by atoms with Crippen LogP contribution >= 0.6 is 0 Å². The highest BCUT2D eigenvalue weighted by atomic mass is 16.4. The molecule has 0 spiro atoms. The maximum atomic E-state index is 10.5. The third-order valence-electron chi connectivity index (χ3n) is 1.96. The van der Waals surface area contributed by atoms with Gasteiger partial charge in [0.1, 0.15) is 5.69 Å². The van der Waals surface area contributed by atoms with Gasteiger partial charge in [0.2, 0.25) is 0 Å². The molecule has 1 rings (SSSR count). The van der Waals surface area contributed by atoms with Gasteiger partial charge in [0.25, 0.3) is 0 Å². The van der Waals surface area contributed by atoms with Gasteiger partial charge in [-0.1, -0.05) is 0 Å². The molecular weight excluding hydrogens is 196 g/mol. The number of aromatic carboxylic acids is 1. The number of aromatic nitrogens is 1. The summed E-state index contributed by atoms with van der Waals surface area (Å²) in [7, 11) is 0. The van der Waals surface area contributed by atoms with E-state index in [-0.39, 0.29) is 18.3 Å². The van der Waals surface area contributed by atoms with Gasteiger partial charge in [-0.2, -0.15) is 0 Å². The first-order valence-electron chi connectivity index (χ1n) is 4.70. The Balaban J connectivity index is 2.60. The average Bonchev–Trinajstić information content (AvgIpc) is 2.18. The van der Waals surface area contributed by atoms with E-state index in [0.29, 0.717) is 6.42 Å². The predicted octanol–water partition coefficient (Wildman–Crippen LogP) is 0.963. The fraction of sp³-hybridized carbons (Fsp3) is 0.400. The summed E-state index contributed by atoms with van der Waals surface area (Å²) in [6.45, 7) is 2.05. The minimum absolute atomic E-state index is 0.0235. The zero-order valence-corrected chi connectivity index (χ0v) is 8.47. The monoisotopic (exact) mass is 210 g/mol. The molecule has 1 unspecified atom stereocenters. The SMILES string of the molecule is CC(CCO)Nc1ccc(C(=O)O)nc1. The lowest BCUT2D eigenvalue weighted by atomic mass is 10.2. The maximum Gasteiger partial charge on any atom is 0.354 e. The van der Waals surface area contributed by atoms with Gasteiger partial charge >= 0.3 is 5.97 Å². The number of hydrogen-bond donors (Lipinski definition) is 3. The van der Waals surface area contributed by atoms with Gasteiger partial charge in [0.05, 0.1) is 11.9 Å². The number of hydrogen-bond acceptors (Lipinski definition) is 4. The molecule has 0 amide bonds. The second kappa shape index (κ2) is 5.31. The standard InChI is InChI=1S/C10H14N2O3/c1-7(4-5-13)12-8-2-3-9(10(14)15)11-6-8/h2-3,6-7,12-13H,4-5H2,1H3,(H,14,15). The summed E-state index contributed by atoms with van der Waals surface area (Å²) in [6.07, 6.45) is 2.11. The van der Waals surface area contributed by atoms with Gasteiger partial charge in [-0.05, 0) is 25.5 Å². The second-order valence-electron chi connectivity index (χ2n) is 3.29. The lowest BCUT2D eigenvalue weighted by Crippen LogP contribution is -2.16. The Bertz CT molecular complexity index is 324. The number of carboxylic acid groups (broad SMARTS) is 1. The molecule has 82 valence electrons. The number of aliphatic hydroxyl groups is 1. The Labute approximate surface area is 87.8 Å². The molecule has 1 atom stereocenters. The highest BCUT2D eigenvalue weighted by molar-refractivity contribution is 5.85. The van der Waals surface area contributed by atoms with Crippen molar-refractivity contribution in [2.24, 2.45) is 0 Å². The number of aliphatic hydroxyl groups excluding tert-OH is 1. The van der Waals surface area contributed by atoms with Crippen molar-refractivity contribution in [3.63, 3.8) is 0 Å². The summed E-state index contributed by atoms with van der Waals surface area (Å²) in [6, 6.07) is 3.23. The van der Waals surface area contributed by atoms with E-state index in [1.807, 2.05) is 6.92 Å². The normalized spacial score (nSPS) is 12.1. The Morgan fingerprint density at radius 2 is 2.33 bits per heavy atom. The minimum Gasteiger partial charge on any atom is -0.477 e. The van der Waals surface area contributed by atoms with E-state index < -0.39 is 5.97 Å². The van der Waals surface area contributed by atoms with Crippen molar-refractivity contribution in [1.82, 2.24) is 4.98 Å². The molecule has 3 N–H and O–H groups in total. The van der Waals surface area contributed by atoms with Crippen LogP contribution in [0.5, 0.6) is 0 Å². The van der Waals surface area contributed by atoms with Crippen LogP contribution in [0.1, 0.15) is 23.8 Å². The van der Waals surface area contributed by atoms with E-state index in [1.54, 1.807) is 6.07 Å². The molecule has 5 heteroatoms. The summed E-state index contributed by atoms with van der Waals surface area (Å²) < 4.78 is 0. The molecule has 0 saturated heterocycles. The van der Waals surface area contributed by atoms with Crippen LogP contribution in [-0.4, -0.2) is 33.8 Å². The first-order valence-corrected chi connectivity index (χ1v) is 4.70. The van der Waals surface area contributed by atoms with Crippen molar-refractivity contribution in [3.05, 3.63) is 24.0 Å². The van der Waals surface area contributed by atoms with Crippen LogP contribution < -0.4 is 5.32 Å². The van der Waals surface area contributed by atoms with Crippen LogP contribution in [0.25, 0.3) is 0 Å². The zero-order chi connectivity index (χ0) is 11.3. The van der Waals surface area contributed by atoms with Crippen LogP contribution in [0, 0.1) is 0 Å². The smallest absolute Gasteiger partial charge is 0.354 e. The molecule has 5 nitrogen and oxygen atoms in total. The number of pyridine rings is 1. The average molecular weight is 210 g/mol. The molecule has 1 heterocycles. The number of rotatable bonds is 5. The fourth-order valence-corrected chi connectivity index (χ4v) is 1.16. The summed E-state index contributed by atoms with van der Waals surface area (Å²) in [5.41, 5.74) is 0.774. The van der Waals surface area contributed by atoms with Crippen molar-refractivity contribution in [2.75, 3.05) is 11.9 Å². The van der Waals surface area contributed by atoms with Crippen molar-refractivity contribution >= 4 is 11.7 Å². The quantitative estimate of drug-likeness (QED) is 0.674. The van der Waals surface area contributed by atoms with E-state index in [1.165, 1.54) is 12.3 Å². The van der Waals surface area contributed by atoms with Crippen LogP contribution in [0.4, 0.5) is 5.69 Å². The molecule has 0 aromatic carbocycles. The molecule has 0 aliphatic rings. The Morgan fingerprint density at radius 1 is 1.60 bits per heavy atom. The maximum absolute atomic E-state index is 10.5. The molecule has 15 heavy (non-hydrogen) atoms. The molecule has 0 radical (unpaired) electrons. The van der Waals surface area contributed by atoms with Crippen molar-refractivity contribution in [2.45, 2.75) is 19.4 Å². The summed E-state index contributed by atoms with van der Waals surface area (Å²) in [4.78, 5) is 14.3. The summed E-state index contributed by atoms with van der Waals surface area (Å²) >= 11 is 0. The first-order chi connectivity index (χ1) is 7.13. The van der Waals surface area contributed by atoms with Gasteiger partial charge in [0, 0.05) is 12.6 Å². The van der Waals surface area contributed by atoms with Crippen LogP contribution in [-0.2, 0) is 0 Å².